The molecule has 0 unspecified atom stereocenters. The van der Waals surface area contributed by atoms with Crippen molar-refractivity contribution in [2.24, 2.45) is 0 Å². The molecule has 1 heteroatoms. The Labute approximate surface area is 99.5 Å². The number of hydrogen-bond acceptors (Lipinski definition) is 1. The molecule has 0 fully saturated rings. The molecule has 0 spiro atoms. The highest BCUT2D eigenvalue weighted by Crippen LogP contribution is 2.33. The zero-order valence-electron chi connectivity index (χ0n) is 11.4. The molecule has 0 radical (unpaired) electrons. The lowest BCUT2D eigenvalue weighted by molar-refractivity contribution is 0.275. The molecular weight excluding hydrogens is 196 g/mol. The first-order chi connectivity index (χ1) is 7.18. The van der Waals surface area contributed by atoms with Crippen molar-refractivity contribution in [3.05, 3.63) is 34.9 Å². The van der Waals surface area contributed by atoms with Crippen molar-refractivity contribution < 1.29 is 5.11 Å². The lowest BCUT2D eigenvalue weighted by Crippen LogP contribution is -2.20. The van der Waals surface area contributed by atoms with Gasteiger partial charge in [-0.15, -0.1) is 0 Å². The van der Waals surface area contributed by atoms with Gasteiger partial charge in [-0.25, -0.2) is 0 Å². The molecule has 1 aromatic carbocycles. The summed E-state index contributed by atoms with van der Waals surface area (Å²) in [5.41, 5.74) is 3.77. The van der Waals surface area contributed by atoms with Gasteiger partial charge < -0.3 is 5.11 Å². The second-order valence-electron chi connectivity index (χ2n) is 6.49. The van der Waals surface area contributed by atoms with Gasteiger partial charge in [-0.2, -0.15) is 0 Å². The van der Waals surface area contributed by atoms with Crippen LogP contribution in [-0.2, 0) is 17.4 Å². The van der Waals surface area contributed by atoms with E-state index in [1.54, 1.807) is 0 Å². The van der Waals surface area contributed by atoms with Crippen LogP contribution in [0.5, 0.6) is 0 Å². The third-order valence-electron chi connectivity index (χ3n) is 2.95. The smallest absolute Gasteiger partial charge is 0.0687 e. The Morgan fingerprint density at radius 1 is 0.875 bits per heavy atom. The van der Waals surface area contributed by atoms with Gasteiger partial charge in [-0.1, -0.05) is 59.7 Å². The fourth-order valence-corrected chi connectivity index (χ4v) is 2.16. The molecule has 0 heterocycles. The van der Waals surface area contributed by atoms with E-state index >= 15 is 0 Å². The third-order valence-corrected chi connectivity index (χ3v) is 2.95. The molecule has 0 amide bonds. The molecule has 16 heavy (non-hydrogen) atoms. The minimum Gasteiger partial charge on any atom is -0.392 e. The average Bonchev–Trinajstić information content (AvgIpc) is 2.13. The van der Waals surface area contributed by atoms with Crippen LogP contribution in [0, 0.1) is 0 Å². The molecule has 0 aliphatic rings. The highest BCUT2D eigenvalue weighted by Gasteiger charge is 2.24. The first kappa shape index (κ1) is 13.2. The van der Waals surface area contributed by atoms with E-state index in [2.05, 4.69) is 59.7 Å². The zero-order chi connectivity index (χ0) is 12.6. The third kappa shape index (κ3) is 2.65. The average molecular weight is 220 g/mol. The summed E-state index contributed by atoms with van der Waals surface area (Å²) in [5, 5.41) is 9.63. The molecule has 0 bridgehead atoms. The molecule has 0 saturated carbocycles. The first-order valence-corrected chi connectivity index (χ1v) is 5.91. The molecule has 0 atom stereocenters. The molecule has 1 nitrogen and oxygen atoms in total. The molecule has 90 valence electrons. The van der Waals surface area contributed by atoms with Gasteiger partial charge in [-0.3, -0.25) is 0 Å². The van der Waals surface area contributed by atoms with Crippen molar-refractivity contribution in [3.63, 3.8) is 0 Å². The molecular formula is C15H24O. The summed E-state index contributed by atoms with van der Waals surface area (Å²) in [6.07, 6.45) is 0. The Bertz CT molecular complexity index is 332. The van der Waals surface area contributed by atoms with E-state index in [-0.39, 0.29) is 17.4 Å². The highest BCUT2D eigenvalue weighted by atomic mass is 16.3. The van der Waals surface area contributed by atoms with Crippen LogP contribution in [0.1, 0.15) is 58.2 Å². The predicted octanol–water partition coefficient (Wildman–Crippen LogP) is 3.77. The van der Waals surface area contributed by atoms with Gasteiger partial charge in [0.05, 0.1) is 6.61 Å². The van der Waals surface area contributed by atoms with Crippen LogP contribution in [0.3, 0.4) is 0 Å². The summed E-state index contributed by atoms with van der Waals surface area (Å²) >= 11 is 0. The fourth-order valence-electron chi connectivity index (χ4n) is 2.16. The number of rotatable bonds is 1. The minimum atomic E-state index is 0.0827. The monoisotopic (exact) mass is 220 g/mol. The lowest BCUT2D eigenvalue weighted by atomic mass is 9.76. The minimum absolute atomic E-state index is 0.0827. The van der Waals surface area contributed by atoms with Crippen molar-refractivity contribution in [3.8, 4) is 0 Å². The molecule has 0 aliphatic heterocycles. The van der Waals surface area contributed by atoms with Gasteiger partial charge in [0.2, 0.25) is 0 Å². The summed E-state index contributed by atoms with van der Waals surface area (Å²) in [6, 6.07) is 6.35. The van der Waals surface area contributed by atoms with E-state index in [1.807, 2.05) is 0 Å². The summed E-state index contributed by atoms with van der Waals surface area (Å²) < 4.78 is 0. The van der Waals surface area contributed by atoms with Gasteiger partial charge in [0.15, 0.2) is 0 Å². The summed E-state index contributed by atoms with van der Waals surface area (Å²) in [7, 11) is 0. The maximum atomic E-state index is 9.63. The molecule has 1 N–H and O–H groups in total. The molecule has 1 aromatic rings. The van der Waals surface area contributed by atoms with Gasteiger partial charge in [-0.05, 0) is 27.5 Å². The van der Waals surface area contributed by atoms with Crippen molar-refractivity contribution in [2.75, 3.05) is 0 Å². The van der Waals surface area contributed by atoms with Crippen LogP contribution in [0.15, 0.2) is 18.2 Å². The van der Waals surface area contributed by atoms with Gasteiger partial charge >= 0.3 is 0 Å². The largest absolute Gasteiger partial charge is 0.392 e. The highest BCUT2D eigenvalue weighted by molar-refractivity contribution is 5.42. The molecule has 1 rings (SSSR count). The van der Waals surface area contributed by atoms with Crippen molar-refractivity contribution in [2.45, 2.75) is 59.0 Å². The fraction of sp³-hybridized carbons (Fsp3) is 0.600. The first-order valence-electron chi connectivity index (χ1n) is 5.91. The Morgan fingerprint density at radius 2 is 1.25 bits per heavy atom. The summed E-state index contributed by atoms with van der Waals surface area (Å²) in [6.45, 7) is 13.3. The Morgan fingerprint density at radius 3 is 1.50 bits per heavy atom. The van der Waals surface area contributed by atoms with Crippen LogP contribution < -0.4 is 0 Å². The number of aliphatic hydroxyl groups is 1. The van der Waals surface area contributed by atoms with Crippen LogP contribution in [0.2, 0.25) is 0 Å². The SMILES string of the molecule is CC(C)(C)c1cccc(C(C)(C)C)c1CO. The normalized spacial score (nSPS) is 12.9. The maximum Gasteiger partial charge on any atom is 0.0687 e. The standard InChI is InChI=1S/C15H24O/c1-14(2,3)12-8-7-9-13(11(12)10-16)15(4,5)6/h7-9,16H,10H2,1-6H3. The zero-order valence-corrected chi connectivity index (χ0v) is 11.4. The summed E-state index contributed by atoms with van der Waals surface area (Å²) in [5.74, 6) is 0. The van der Waals surface area contributed by atoms with Crippen molar-refractivity contribution >= 4 is 0 Å². The van der Waals surface area contributed by atoms with Gasteiger partial charge in [0.25, 0.3) is 0 Å². The van der Waals surface area contributed by atoms with E-state index < -0.39 is 0 Å². The van der Waals surface area contributed by atoms with E-state index in [0.717, 1.165) is 5.56 Å². The van der Waals surface area contributed by atoms with Crippen molar-refractivity contribution in [1.29, 1.82) is 0 Å². The number of benzene rings is 1. The lowest BCUT2D eigenvalue weighted by Gasteiger charge is -2.29. The topological polar surface area (TPSA) is 20.2 Å². The Balaban J connectivity index is 3.45. The number of hydrogen-bond donors (Lipinski definition) is 1. The van der Waals surface area contributed by atoms with Crippen LogP contribution in [0.25, 0.3) is 0 Å². The second-order valence-corrected chi connectivity index (χ2v) is 6.49. The van der Waals surface area contributed by atoms with Crippen LogP contribution in [-0.4, -0.2) is 5.11 Å². The Kier molecular flexibility index (Phi) is 3.49. The molecule has 0 aromatic heterocycles. The maximum absolute atomic E-state index is 9.63. The number of aliphatic hydroxyl groups excluding tert-OH is 1. The van der Waals surface area contributed by atoms with Gasteiger partial charge in [0.1, 0.15) is 0 Å². The molecule has 0 aliphatic carbocycles. The van der Waals surface area contributed by atoms with Crippen molar-refractivity contribution in [1.82, 2.24) is 0 Å². The second kappa shape index (κ2) is 4.21. The molecule has 0 saturated heterocycles. The predicted molar refractivity (Wildman–Crippen MR) is 69.8 cm³/mol. The van der Waals surface area contributed by atoms with Crippen LogP contribution >= 0.6 is 0 Å². The quantitative estimate of drug-likeness (QED) is 0.763. The van der Waals surface area contributed by atoms with E-state index in [1.165, 1.54) is 11.1 Å². The van der Waals surface area contributed by atoms with E-state index in [4.69, 9.17) is 0 Å². The summed E-state index contributed by atoms with van der Waals surface area (Å²) in [4.78, 5) is 0. The Hall–Kier alpha value is -0.820. The van der Waals surface area contributed by atoms with Gasteiger partial charge in [0, 0.05) is 0 Å². The van der Waals surface area contributed by atoms with Crippen LogP contribution in [0.4, 0.5) is 0 Å². The van der Waals surface area contributed by atoms with E-state index in [9.17, 15) is 5.11 Å². The van der Waals surface area contributed by atoms with E-state index in [0.29, 0.717) is 0 Å².